The van der Waals surface area contributed by atoms with E-state index in [1.165, 1.54) is 0 Å². The fourth-order valence-electron chi connectivity index (χ4n) is 2.02. The van der Waals surface area contributed by atoms with Crippen LogP contribution in [0.25, 0.3) is 10.9 Å². The minimum atomic E-state index is -0.454. The topological polar surface area (TPSA) is 64.1 Å². The Balaban J connectivity index is 2.39. The predicted octanol–water partition coefficient (Wildman–Crippen LogP) is 3.18. The van der Waals surface area contributed by atoms with E-state index in [2.05, 4.69) is 21.6 Å². The van der Waals surface area contributed by atoms with Crippen LogP contribution < -0.4 is 5.32 Å². The van der Waals surface area contributed by atoms with E-state index in [9.17, 15) is 4.79 Å². The van der Waals surface area contributed by atoms with Crippen LogP contribution in [0.5, 0.6) is 0 Å². The number of rotatable bonds is 6. The van der Waals surface area contributed by atoms with Crippen molar-refractivity contribution in [2.75, 3.05) is 18.5 Å². The van der Waals surface area contributed by atoms with E-state index in [4.69, 9.17) is 4.74 Å². The standard InChI is InChI=1S/C16H19N3O2/c1-3-5-8-11-17-14-12-9-6-7-10-13(12)18-19-15(14)16(20)21-4-2/h3,5-7,9-10H,4,8,11H2,1-2H3,(H,17,18)/b5-3+. The van der Waals surface area contributed by atoms with Gasteiger partial charge in [-0.25, -0.2) is 4.79 Å². The Morgan fingerprint density at radius 1 is 1.33 bits per heavy atom. The van der Waals surface area contributed by atoms with Crippen LogP contribution >= 0.6 is 0 Å². The third-order valence-electron chi connectivity index (χ3n) is 2.99. The quantitative estimate of drug-likeness (QED) is 0.501. The Kier molecular flexibility index (Phi) is 5.26. The molecule has 2 rings (SSSR count). The fraction of sp³-hybridized carbons (Fsp3) is 0.312. The molecule has 1 heterocycles. The molecule has 0 saturated heterocycles. The van der Waals surface area contributed by atoms with Gasteiger partial charge in [-0.15, -0.1) is 10.2 Å². The smallest absolute Gasteiger partial charge is 0.361 e. The highest BCUT2D eigenvalue weighted by Crippen LogP contribution is 2.24. The van der Waals surface area contributed by atoms with Crippen molar-refractivity contribution in [2.45, 2.75) is 20.3 Å². The van der Waals surface area contributed by atoms with Gasteiger partial charge in [0, 0.05) is 11.9 Å². The van der Waals surface area contributed by atoms with Gasteiger partial charge in [0.1, 0.15) is 0 Å². The van der Waals surface area contributed by atoms with Gasteiger partial charge in [0.05, 0.1) is 17.8 Å². The van der Waals surface area contributed by atoms with Crippen molar-refractivity contribution in [1.82, 2.24) is 10.2 Å². The van der Waals surface area contributed by atoms with Gasteiger partial charge >= 0.3 is 5.97 Å². The molecule has 5 nitrogen and oxygen atoms in total. The zero-order valence-electron chi connectivity index (χ0n) is 12.3. The summed E-state index contributed by atoms with van der Waals surface area (Å²) >= 11 is 0. The molecule has 0 atom stereocenters. The number of nitrogens with one attached hydrogen (secondary N) is 1. The summed E-state index contributed by atoms with van der Waals surface area (Å²) in [6, 6.07) is 7.60. The maximum Gasteiger partial charge on any atom is 0.361 e. The zero-order chi connectivity index (χ0) is 15.1. The summed E-state index contributed by atoms with van der Waals surface area (Å²) in [7, 11) is 0. The Morgan fingerprint density at radius 2 is 2.14 bits per heavy atom. The molecule has 5 heteroatoms. The average Bonchev–Trinajstić information content (AvgIpc) is 2.51. The minimum absolute atomic E-state index is 0.232. The van der Waals surface area contributed by atoms with Crippen LogP contribution in [0.4, 0.5) is 5.69 Å². The van der Waals surface area contributed by atoms with E-state index >= 15 is 0 Å². The lowest BCUT2D eigenvalue weighted by Gasteiger charge is -2.12. The molecular formula is C16H19N3O2. The van der Waals surface area contributed by atoms with Crippen molar-refractivity contribution >= 4 is 22.6 Å². The molecule has 0 amide bonds. The third kappa shape index (κ3) is 3.56. The summed E-state index contributed by atoms with van der Waals surface area (Å²) in [6.45, 7) is 4.77. The number of aromatic nitrogens is 2. The molecule has 110 valence electrons. The molecule has 1 aromatic carbocycles. The monoisotopic (exact) mass is 285 g/mol. The van der Waals surface area contributed by atoms with Gasteiger partial charge in [-0.2, -0.15) is 0 Å². The van der Waals surface area contributed by atoms with Gasteiger partial charge in [-0.05, 0) is 26.3 Å². The summed E-state index contributed by atoms with van der Waals surface area (Å²) in [5.74, 6) is -0.454. The van der Waals surface area contributed by atoms with Crippen molar-refractivity contribution < 1.29 is 9.53 Å². The van der Waals surface area contributed by atoms with Gasteiger partial charge in [-0.1, -0.05) is 30.4 Å². The highest BCUT2D eigenvalue weighted by molar-refractivity contribution is 6.03. The van der Waals surface area contributed by atoms with E-state index < -0.39 is 5.97 Å². The second kappa shape index (κ2) is 7.38. The van der Waals surface area contributed by atoms with Gasteiger partial charge in [0.15, 0.2) is 5.69 Å². The molecule has 0 bridgehead atoms. The third-order valence-corrected chi connectivity index (χ3v) is 2.99. The number of fused-ring (bicyclic) bond motifs is 1. The van der Waals surface area contributed by atoms with Gasteiger partial charge in [0.25, 0.3) is 0 Å². The zero-order valence-corrected chi connectivity index (χ0v) is 12.3. The Bertz CT molecular complexity index is 653. The lowest BCUT2D eigenvalue weighted by molar-refractivity contribution is 0.0519. The summed E-state index contributed by atoms with van der Waals surface area (Å²) in [5.41, 5.74) is 1.67. The van der Waals surface area contributed by atoms with E-state index in [0.717, 1.165) is 17.3 Å². The predicted molar refractivity (Wildman–Crippen MR) is 83.4 cm³/mol. The number of esters is 1. The van der Waals surface area contributed by atoms with E-state index in [1.807, 2.05) is 37.3 Å². The van der Waals surface area contributed by atoms with Crippen molar-refractivity contribution in [3.63, 3.8) is 0 Å². The number of ether oxygens (including phenoxy) is 1. The first-order chi connectivity index (χ1) is 10.3. The van der Waals surface area contributed by atoms with Gasteiger partial charge in [-0.3, -0.25) is 0 Å². The first-order valence-electron chi connectivity index (χ1n) is 7.05. The molecule has 0 unspecified atom stereocenters. The van der Waals surface area contributed by atoms with Gasteiger partial charge in [0.2, 0.25) is 0 Å². The minimum Gasteiger partial charge on any atom is -0.461 e. The van der Waals surface area contributed by atoms with Crippen LogP contribution in [0.15, 0.2) is 36.4 Å². The summed E-state index contributed by atoms with van der Waals surface area (Å²) < 4.78 is 5.05. The van der Waals surface area contributed by atoms with Crippen molar-refractivity contribution in [3.05, 3.63) is 42.1 Å². The maximum absolute atomic E-state index is 12.0. The highest BCUT2D eigenvalue weighted by atomic mass is 16.5. The number of benzene rings is 1. The lowest BCUT2D eigenvalue weighted by atomic mass is 10.1. The molecule has 0 spiro atoms. The molecule has 21 heavy (non-hydrogen) atoms. The normalized spacial score (nSPS) is 11.0. The van der Waals surface area contributed by atoms with Crippen LogP contribution in [0.2, 0.25) is 0 Å². The van der Waals surface area contributed by atoms with Crippen LogP contribution in [-0.4, -0.2) is 29.3 Å². The number of hydrogen-bond acceptors (Lipinski definition) is 5. The van der Waals surface area contributed by atoms with Crippen LogP contribution in [0, 0.1) is 0 Å². The Hall–Kier alpha value is -2.43. The number of anilines is 1. The van der Waals surface area contributed by atoms with E-state index in [-0.39, 0.29) is 5.69 Å². The summed E-state index contributed by atoms with van der Waals surface area (Å²) in [4.78, 5) is 12.0. The van der Waals surface area contributed by atoms with Crippen LogP contribution in [0.1, 0.15) is 30.8 Å². The molecule has 0 radical (unpaired) electrons. The number of carbonyl (C=O) groups excluding carboxylic acids is 1. The number of allylic oxidation sites excluding steroid dienone is 1. The lowest BCUT2D eigenvalue weighted by Crippen LogP contribution is -2.14. The first kappa shape index (κ1) is 15.0. The second-order valence-electron chi connectivity index (χ2n) is 4.45. The Labute approximate surface area is 124 Å². The van der Waals surface area contributed by atoms with E-state index in [1.54, 1.807) is 6.92 Å². The van der Waals surface area contributed by atoms with Crippen molar-refractivity contribution in [1.29, 1.82) is 0 Å². The van der Waals surface area contributed by atoms with Crippen molar-refractivity contribution in [2.24, 2.45) is 0 Å². The SMILES string of the molecule is C/C=C/CCNc1c(C(=O)OCC)nnc2ccccc12. The summed E-state index contributed by atoms with van der Waals surface area (Å²) in [6.07, 6.45) is 4.93. The number of hydrogen-bond donors (Lipinski definition) is 1. The molecule has 2 aromatic rings. The molecule has 0 fully saturated rings. The molecule has 0 aliphatic rings. The summed E-state index contributed by atoms with van der Waals surface area (Å²) in [5, 5.41) is 12.3. The first-order valence-corrected chi connectivity index (χ1v) is 7.05. The molecule has 1 N–H and O–H groups in total. The average molecular weight is 285 g/mol. The van der Waals surface area contributed by atoms with E-state index in [0.29, 0.717) is 18.8 Å². The van der Waals surface area contributed by atoms with Crippen LogP contribution in [-0.2, 0) is 4.74 Å². The molecule has 0 aliphatic heterocycles. The molecule has 0 saturated carbocycles. The van der Waals surface area contributed by atoms with Crippen LogP contribution in [0.3, 0.4) is 0 Å². The number of nitrogens with zero attached hydrogens (tertiary/aromatic N) is 2. The second-order valence-corrected chi connectivity index (χ2v) is 4.45. The number of carbonyl (C=O) groups is 1. The molecule has 0 aliphatic carbocycles. The fourth-order valence-corrected chi connectivity index (χ4v) is 2.02. The van der Waals surface area contributed by atoms with Gasteiger partial charge < -0.3 is 10.1 Å². The molecule has 1 aromatic heterocycles. The molecular weight excluding hydrogens is 266 g/mol. The van der Waals surface area contributed by atoms with Crippen molar-refractivity contribution in [3.8, 4) is 0 Å². The largest absolute Gasteiger partial charge is 0.461 e. The highest BCUT2D eigenvalue weighted by Gasteiger charge is 2.18. The maximum atomic E-state index is 12.0. The Morgan fingerprint density at radius 3 is 2.90 bits per heavy atom.